The summed E-state index contributed by atoms with van der Waals surface area (Å²) in [6.07, 6.45) is 11.9. The van der Waals surface area contributed by atoms with E-state index in [1.54, 1.807) is 0 Å². The highest BCUT2D eigenvalue weighted by molar-refractivity contribution is 5.84. The van der Waals surface area contributed by atoms with Crippen molar-refractivity contribution in [1.82, 2.24) is 10.6 Å². The Morgan fingerprint density at radius 1 is 0.938 bits per heavy atom. The average molecular weight is 441 g/mol. The summed E-state index contributed by atoms with van der Waals surface area (Å²) in [5.41, 5.74) is 1.12. The smallest absolute Gasteiger partial charge is 0.303 e. The highest BCUT2D eigenvalue weighted by Crippen LogP contribution is 2.53. The minimum absolute atomic E-state index is 0.0303. The van der Waals surface area contributed by atoms with E-state index in [1.807, 2.05) is 30.3 Å². The number of amides is 2. The molecule has 2 aliphatic carbocycles. The number of carboxylic acids is 1. The van der Waals surface area contributed by atoms with E-state index in [-0.39, 0.29) is 24.8 Å². The number of unbranched alkanes of at least 4 members (excludes halogenated alkanes) is 1. The number of carbonyl (C=O) groups excluding carboxylic acids is 2. The molecule has 2 aliphatic rings. The van der Waals surface area contributed by atoms with Crippen molar-refractivity contribution < 1.29 is 19.5 Å². The van der Waals surface area contributed by atoms with Gasteiger partial charge in [0.15, 0.2) is 0 Å². The Hall–Kier alpha value is -2.63. The van der Waals surface area contributed by atoms with Crippen LogP contribution in [0.2, 0.25) is 0 Å². The third-order valence-electron chi connectivity index (χ3n) is 7.08. The number of aryl methyl sites for hydroxylation is 1. The van der Waals surface area contributed by atoms with E-state index in [0.717, 1.165) is 24.3 Å². The van der Waals surface area contributed by atoms with Gasteiger partial charge in [-0.25, -0.2) is 0 Å². The molecule has 2 fully saturated rings. The van der Waals surface area contributed by atoms with Crippen molar-refractivity contribution in [3.05, 3.63) is 48.0 Å². The predicted octanol–water partition coefficient (Wildman–Crippen LogP) is 3.72. The van der Waals surface area contributed by atoms with Gasteiger partial charge in [0.05, 0.1) is 6.54 Å². The molecule has 1 aromatic rings. The lowest BCUT2D eigenvalue weighted by molar-refractivity contribution is -0.137. The van der Waals surface area contributed by atoms with Crippen LogP contribution in [-0.2, 0) is 20.8 Å². The summed E-state index contributed by atoms with van der Waals surface area (Å²) in [6.45, 7) is 0.708. The molecule has 2 saturated carbocycles. The van der Waals surface area contributed by atoms with Crippen LogP contribution in [0.4, 0.5) is 0 Å². The molecule has 3 N–H and O–H groups in total. The second-order valence-corrected chi connectivity index (χ2v) is 9.22. The summed E-state index contributed by atoms with van der Waals surface area (Å²) >= 11 is 0. The van der Waals surface area contributed by atoms with Crippen molar-refractivity contribution in [3.8, 4) is 0 Å². The number of hydrogen-bond acceptors (Lipinski definition) is 3. The minimum Gasteiger partial charge on any atom is -0.481 e. The van der Waals surface area contributed by atoms with E-state index < -0.39 is 5.97 Å². The molecule has 4 atom stereocenters. The third kappa shape index (κ3) is 7.50. The van der Waals surface area contributed by atoms with Crippen molar-refractivity contribution in [2.45, 2.75) is 57.8 Å². The fourth-order valence-corrected chi connectivity index (χ4v) is 5.42. The lowest BCUT2D eigenvalue weighted by Crippen LogP contribution is -2.41. The van der Waals surface area contributed by atoms with Gasteiger partial charge in [0.1, 0.15) is 0 Å². The van der Waals surface area contributed by atoms with Crippen LogP contribution in [0, 0.1) is 23.7 Å². The number of fused-ring (bicyclic) bond motifs is 2. The fourth-order valence-electron chi connectivity index (χ4n) is 5.42. The van der Waals surface area contributed by atoms with Gasteiger partial charge in [0.2, 0.25) is 11.8 Å². The Morgan fingerprint density at radius 2 is 1.69 bits per heavy atom. The molecule has 0 unspecified atom stereocenters. The van der Waals surface area contributed by atoms with Gasteiger partial charge in [-0.2, -0.15) is 0 Å². The Labute approximate surface area is 190 Å². The maximum Gasteiger partial charge on any atom is 0.303 e. The zero-order valence-corrected chi connectivity index (χ0v) is 18.8. The molecule has 6 heteroatoms. The fraction of sp³-hybridized carbons (Fsp3) is 0.577. The number of carboxylic acid groups (broad SMARTS) is 1. The molecule has 0 saturated heterocycles. The molecule has 0 spiro atoms. The molecular formula is C26H36N2O4. The van der Waals surface area contributed by atoms with Gasteiger partial charge in [-0.1, -0.05) is 42.5 Å². The van der Waals surface area contributed by atoms with Gasteiger partial charge in [0, 0.05) is 19.4 Å². The van der Waals surface area contributed by atoms with Crippen LogP contribution in [0.25, 0.3) is 0 Å². The molecule has 0 radical (unpaired) electrons. The minimum atomic E-state index is -0.741. The number of aliphatic carboxylic acids is 1. The van der Waals surface area contributed by atoms with Gasteiger partial charge in [-0.15, -0.1) is 0 Å². The zero-order valence-electron chi connectivity index (χ0n) is 18.8. The van der Waals surface area contributed by atoms with Crippen molar-refractivity contribution in [1.29, 1.82) is 0 Å². The monoisotopic (exact) mass is 440 g/mol. The zero-order chi connectivity index (χ0) is 22.8. The normalized spacial score (nSPS) is 24.0. The number of carbonyl (C=O) groups is 3. The van der Waals surface area contributed by atoms with E-state index in [1.165, 1.54) is 19.3 Å². The van der Waals surface area contributed by atoms with Gasteiger partial charge < -0.3 is 15.7 Å². The van der Waals surface area contributed by atoms with Crippen molar-refractivity contribution in [2.75, 3.05) is 13.1 Å². The molecule has 6 nitrogen and oxygen atoms in total. The van der Waals surface area contributed by atoms with Crippen LogP contribution in [0.5, 0.6) is 0 Å². The van der Waals surface area contributed by atoms with Crippen LogP contribution in [0.1, 0.15) is 56.9 Å². The van der Waals surface area contributed by atoms with Gasteiger partial charge >= 0.3 is 5.97 Å². The summed E-state index contributed by atoms with van der Waals surface area (Å²) < 4.78 is 0. The molecule has 32 heavy (non-hydrogen) atoms. The third-order valence-corrected chi connectivity index (χ3v) is 7.08. The topological polar surface area (TPSA) is 95.5 Å². The number of benzene rings is 1. The number of nitrogens with one attached hydrogen (secondary N) is 2. The van der Waals surface area contributed by atoms with Crippen LogP contribution in [-0.4, -0.2) is 36.0 Å². The Morgan fingerprint density at radius 3 is 2.44 bits per heavy atom. The van der Waals surface area contributed by atoms with Crippen LogP contribution in [0.3, 0.4) is 0 Å². The molecule has 0 heterocycles. The van der Waals surface area contributed by atoms with Crippen molar-refractivity contribution in [3.63, 3.8) is 0 Å². The summed E-state index contributed by atoms with van der Waals surface area (Å²) in [7, 11) is 0. The molecule has 2 amide bonds. The second kappa shape index (κ2) is 12.4. The van der Waals surface area contributed by atoms with Crippen LogP contribution >= 0.6 is 0 Å². The second-order valence-electron chi connectivity index (χ2n) is 9.22. The quantitative estimate of drug-likeness (QED) is 0.322. The predicted molar refractivity (Wildman–Crippen MR) is 124 cm³/mol. The Bertz CT molecular complexity index is 792. The first-order chi connectivity index (χ1) is 15.5. The number of hydrogen-bond donors (Lipinski definition) is 3. The van der Waals surface area contributed by atoms with Crippen LogP contribution in [0.15, 0.2) is 42.5 Å². The van der Waals surface area contributed by atoms with Crippen LogP contribution < -0.4 is 10.6 Å². The van der Waals surface area contributed by atoms with Crippen molar-refractivity contribution in [2.24, 2.45) is 23.7 Å². The molecule has 174 valence electrons. The van der Waals surface area contributed by atoms with E-state index in [9.17, 15) is 14.4 Å². The number of rotatable bonds is 13. The standard InChI is InChI=1S/C26H36N2O4/c29-24(15-12-19-8-4-3-5-9-19)28-18-25(30)27-17-23-21-14-13-20(16-21)22(23)10-6-1-2-7-11-26(31)32/h1,3-6,8-9,20-23H,2,7,10-18H2,(H,27,30)(H,28,29)(H,31,32)/b6-1-/t20-,21+,22-,23+/m1/s1. The van der Waals surface area contributed by atoms with E-state index in [2.05, 4.69) is 22.8 Å². The van der Waals surface area contributed by atoms with E-state index in [0.29, 0.717) is 43.6 Å². The molecule has 0 aliphatic heterocycles. The average Bonchev–Trinajstić information content (AvgIpc) is 3.39. The maximum atomic E-state index is 12.3. The molecule has 2 bridgehead atoms. The maximum absolute atomic E-state index is 12.3. The SMILES string of the molecule is O=C(O)CCC/C=C\C[C@@H]1[C@@H]2CC[C@@H](C2)[C@@H]1CNC(=O)CNC(=O)CCc1ccccc1. The van der Waals surface area contributed by atoms with Gasteiger partial charge in [-0.05, 0) is 74.2 Å². The summed E-state index contributed by atoms with van der Waals surface area (Å²) in [5.74, 6) is 1.54. The van der Waals surface area contributed by atoms with E-state index >= 15 is 0 Å². The highest BCUT2D eigenvalue weighted by Gasteiger charge is 2.46. The molecule has 3 rings (SSSR count). The summed E-state index contributed by atoms with van der Waals surface area (Å²) in [4.78, 5) is 34.9. The lowest BCUT2D eigenvalue weighted by Gasteiger charge is -2.30. The molecule has 1 aromatic carbocycles. The highest BCUT2D eigenvalue weighted by atomic mass is 16.4. The lowest BCUT2D eigenvalue weighted by atomic mass is 9.77. The first kappa shape index (κ1) is 24.0. The van der Waals surface area contributed by atoms with Gasteiger partial charge in [-0.3, -0.25) is 14.4 Å². The Balaban J connectivity index is 1.34. The molecular weight excluding hydrogens is 404 g/mol. The number of allylic oxidation sites excluding steroid dienone is 2. The summed E-state index contributed by atoms with van der Waals surface area (Å²) in [5, 5.41) is 14.5. The first-order valence-corrected chi connectivity index (χ1v) is 12.0. The van der Waals surface area contributed by atoms with Gasteiger partial charge in [0.25, 0.3) is 0 Å². The Kier molecular flexibility index (Phi) is 9.32. The molecule has 0 aromatic heterocycles. The first-order valence-electron chi connectivity index (χ1n) is 12.0. The van der Waals surface area contributed by atoms with E-state index in [4.69, 9.17) is 5.11 Å². The summed E-state index contributed by atoms with van der Waals surface area (Å²) in [6, 6.07) is 9.86. The van der Waals surface area contributed by atoms with Crippen molar-refractivity contribution >= 4 is 17.8 Å². The largest absolute Gasteiger partial charge is 0.481 e.